The minimum absolute atomic E-state index is 0.147. The molecule has 2 aromatic carbocycles. The van der Waals surface area contributed by atoms with Crippen LogP contribution >= 0.6 is 23.2 Å². The molecule has 1 aliphatic rings. The van der Waals surface area contributed by atoms with E-state index in [1.54, 1.807) is 23.1 Å². The molecule has 1 atom stereocenters. The Labute approximate surface area is 205 Å². The highest BCUT2D eigenvalue weighted by atomic mass is 35.5. The molecule has 0 aliphatic carbocycles. The van der Waals surface area contributed by atoms with Crippen LogP contribution < -0.4 is 14.8 Å². The van der Waals surface area contributed by atoms with E-state index in [1.807, 2.05) is 45.9 Å². The number of carbonyl (C=O) groups excluding carboxylic acids is 2. The lowest BCUT2D eigenvalue weighted by Crippen LogP contribution is -2.53. The third kappa shape index (κ3) is 6.55. The topological polar surface area (TPSA) is 67.9 Å². The highest BCUT2D eigenvalue weighted by Gasteiger charge is 2.31. The monoisotopic (exact) mass is 492 g/mol. The number of carbonyl (C=O) groups is 2. The average Bonchev–Trinajstić information content (AvgIpc) is 3.20. The fourth-order valence-electron chi connectivity index (χ4n) is 3.72. The Bertz CT molecular complexity index is 1000. The lowest BCUT2D eigenvalue weighted by Gasteiger charge is -2.33. The van der Waals surface area contributed by atoms with Crippen LogP contribution in [0.1, 0.15) is 51.7 Å². The van der Waals surface area contributed by atoms with Crippen LogP contribution in [-0.4, -0.2) is 35.1 Å². The SMILES string of the molecule is CC[C@@H](C(=O)NC(C)(C)C)N(Cc1c(Cl)cccc1Cl)C(=O)CCc1ccc2c(c1)OCO2. The zero-order chi connectivity index (χ0) is 24.2. The van der Waals surface area contributed by atoms with Crippen molar-refractivity contribution in [1.29, 1.82) is 0 Å². The number of nitrogens with zero attached hydrogens (tertiary/aromatic N) is 1. The molecule has 1 N–H and O–H groups in total. The molecule has 178 valence electrons. The van der Waals surface area contributed by atoms with Gasteiger partial charge in [0.25, 0.3) is 0 Å². The van der Waals surface area contributed by atoms with Crippen LogP contribution in [0.3, 0.4) is 0 Å². The molecule has 0 bridgehead atoms. The van der Waals surface area contributed by atoms with Crippen LogP contribution in [0, 0.1) is 0 Å². The van der Waals surface area contributed by atoms with E-state index in [9.17, 15) is 9.59 Å². The molecule has 2 amide bonds. The molecule has 0 aromatic heterocycles. The molecule has 1 aliphatic heterocycles. The Morgan fingerprint density at radius 2 is 1.76 bits per heavy atom. The normalized spacial score (nSPS) is 13.5. The maximum atomic E-state index is 13.5. The quantitative estimate of drug-likeness (QED) is 0.537. The van der Waals surface area contributed by atoms with E-state index in [0.29, 0.717) is 39.9 Å². The first-order chi connectivity index (χ1) is 15.6. The molecular weight excluding hydrogens is 463 g/mol. The minimum atomic E-state index is -0.652. The number of halogens is 2. The van der Waals surface area contributed by atoms with E-state index in [2.05, 4.69) is 5.32 Å². The Morgan fingerprint density at radius 1 is 1.09 bits per heavy atom. The van der Waals surface area contributed by atoms with E-state index in [1.165, 1.54) is 0 Å². The van der Waals surface area contributed by atoms with Gasteiger partial charge in [-0.25, -0.2) is 0 Å². The largest absolute Gasteiger partial charge is 0.454 e. The fraction of sp³-hybridized carbons (Fsp3) is 0.440. The van der Waals surface area contributed by atoms with Gasteiger partial charge in [-0.15, -0.1) is 0 Å². The molecule has 0 saturated carbocycles. The van der Waals surface area contributed by atoms with Gasteiger partial charge in [-0.2, -0.15) is 0 Å². The second-order valence-corrected chi connectivity index (χ2v) is 9.89. The van der Waals surface area contributed by atoms with Gasteiger partial charge in [0.15, 0.2) is 11.5 Å². The summed E-state index contributed by atoms with van der Waals surface area (Å²) in [7, 11) is 0. The number of aryl methyl sites for hydroxylation is 1. The van der Waals surface area contributed by atoms with Crippen molar-refractivity contribution >= 4 is 35.0 Å². The van der Waals surface area contributed by atoms with Gasteiger partial charge in [0, 0.05) is 34.1 Å². The van der Waals surface area contributed by atoms with Gasteiger partial charge in [0.2, 0.25) is 18.6 Å². The van der Waals surface area contributed by atoms with Crippen molar-refractivity contribution in [2.45, 2.75) is 65.1 Å². The van der Waals surface area contributed by atoms with Crippen molar-refractivity contribution in [2.75, 3.05) is 6.79 Å². The number of nitrogens with one attached hydrogen (secondary N) is 1. The zero-order valence-corrected chi connectivity index (χ0v) is 20.9. The molecule has 1 heterocycles. The standard InChI is InChI=1S/C25H30Cl2N2O4/c1-5-20(24(31)28-25(2,3)4)29(14-17-18(26)7-6-8-19(17)27)23(30)12-10-16-9-11-21-22(13-16)33-15-32-21/h6-9,11,13,20H,5,10,12,14-15H2,1-4H3,(H,28,31)/t20-/m0/s1. The summed E-state index contributed by atoms with van der Waals surface area (Å²) in [6, 6.07) is 10.2. The summed E-state index contributed by atoms with van der Waals surface area (Å²) in [5.41, 5.74) is 1.16. The van der Waals surface area contributed by atoms with Crippen molar-refractivity contribution in [1.82, 2.24) is 10.2 Å². The van der Waals surface area contributed by atoms with E-state index in [-0.39, 0.29) is 31.6 Å². The minimum Gasteiger partial charge on any atom is -0.454 e. The number of ether oxygens (including phenoxy) is 2. The third-order valence-corrected chi connectivity index (χ3v) is 6.05. The second-order valence-electron chi connectivity index (χ2n) is 9.07. The summed E-state index contributed by atoms with van der Waals surface area (Å²) < 4.78 is 10.8. The molecule has 0 radical (unpaired) electrons. The Balaban J connectivity index is 1.83. The first-order valence-corrected chi connectivity index (χ1v) is 11.8. The fourth-order valence-corrected chi connectivity index (χ4v) is 4.23. The molecule has 33 heavy (non-hydrogen) atoms. The summed E-state index contributed by atoms with van der Waals surface area (Å²) in [6.07, 6.45) is 1.18. The van der Waals surface area contributed by atoms with Gasteiger partial charge in [-0.1, -0.05) is 42.3 Å². The number of hydrogen-bond acceptors (Lipinski definition) is 4. The average molecular weight is 493 g/mol. The molecule has 2 aromatic rings. The number of rotatable bonds is 8. The highest BCUT2D eigenvalue weighted by molar-refractivity contribution is 6.36. The van der Waals surface area contributed by atoms with Crippen LogP contribution in [0.2, 0.25) is 10.0 Å². The van der Waals surface area contributed by atoms with Crippen LogP contribution in [0.15, 0.2) is 36.4 Å². The number of amides is 2. The van der Waals surface area contributed by atoms with Crippen molar-refractivity contribution in [3.05, 3.63) is 57.6 Å². The number of benzene rings is 2. The lowest BCUT2D eigenvalue weighted by atomic mass is 10.0. The lowest BCUT2D eigenvalue weighted by molar-refractivity contribution is -0.142. The predicted molar refractivity (Wildman–Crippen MR) is 130 cm³/mol. The Morgan fingerprint density at radius 3 is 2.39 bits per heavy atom. The molecule has 0 unspecified atom stereocenters. The summed E-state index contributed by atoms with van der Waals surface area (Å²) in [4.78, 5) is 28.1. The van der Waals surface area contributed by atoms with Crippen molar-refractivity contribution < 1.29 is 19.1 Å². The van der Waals surface area contributed by atoms with Gasteiger partial charge in [-0.05, 0) is 63.4 Å². The molecule has 3 rings (SSSR count). The molecule has 6 nitrogen and oxygen atoms in total. The Hall–Kier alpha value is -2.44. The van der Waals surface area contributed by atoms with Crippen LogP contribution in [-0.2, 0) is 22.6 Å². The van der Waals surface area contributed by atoms with Crippen LogP contribution in [0.4, 0.5) is 0 Å². The molecule has 0 fully saturated rings. The second kappa shape index (κ2) is 10.7. The van der Waals surface area contributed by atoms with E-state index < -0.39 is 11.6 Å². The third-order valence-electron chi connectivity index (χ3n) is 5.34. The summed E-state index contributed by atoms with van der Waals surface area (Å²) in [5.74, 6) is 1.02. The molecule has 0 spiro atoms. The Kier molecular flexibility index (Phi) is 8.14. The van der Waals surface area contributed by atoms with E-state index >= 15 is 0 Å². The van der Waals surface area contributed by atoms with E-state index in [4.69, 9.17) is 32.7 Å². The van der Waals surface area contributed by atoms with Gasteiger partial charge < -0.3 is 19.7 Å². The van der Waals surface area contributed by atoms with E-state index in [0.717, 1.165) is 5.56 Å². The molecular formula is C25H30Cl2N2O4. The van der Waals surface area contributed by atoms with Crippen molar-refractivity contribution in [2.24, 2.45) is 0 Å². The summed E-state index contributed by atoms with van der Waals surface area (Å²) in [5, 5.41) is 3.91. The van der Waals surface area contributed by atoms with Gasteiger partial charge in [0.1, 0.15) is 6.04 Å². The molecule has 8 heteroatoms. The zero-order valence-electron chi connectivity index (χ0n) is 19.4. The maximum Gasteiger partial charge on any atom is 0.243 e. The van der Waals surface area contributed by atoms with Crippen molar-refractivity contribution in [3.63, 3.8) is 0 Å². The predicted octanol–water partition coefficient (Wildman–Crippen LogP) is 5.38. The van der Waals surface area contributed by atoms with Crippen molar-refractivity contribution in [3.8, 4) is 11.5 Å². The highest BCUT2D eigenvalue weighted by Crippen LogP contribution is 2.33. The maximum absolute atomic E-state index is 13.5. The number of fused-ring (bicyclic) bond motifs is 1. The van der Waals surface area contributed by atoms with Crippen LogP contribution in [0.25, 0.3) is 0 Å². The first-order valence-electron chi connectivity index (χ1n) is 11.0. The van der Waals surface area contributed by atoms with Gasteiger partial charge in [-0.3, -0.25) is 9.59 Å². The summed E-state index contributed by atoms with van der Waals surface area (Å²) in [6.45, 7) is 7.97. The smallest absolute Gasteiger partial charge is 0.243 e. The van der Waals surface area contributed by atoms with Gasteiger partial charge in [0.05, 0.1) is 0 Å². The summed E-state index contributed by atoms with van der Waals surface area (Å²) >= 11 is 12.8. The van der Waals surface area contributed by atoms with Gasteiger partial charge >= 0.3 is 0 Å². The first kappa shape index (κ1) is 25.2. The molecule has 0 saturated heterocycles. The number of hydrogen-bond donors (Lipinski definition) is 1. The van der Waals surface area contributed by atoms with Crippen LogP contribution in [0.5, 0.6) is 11.5 Å².